The summed E-state index contributed by atoms with van der Waals surface area (Å²) in [5.74, 6) is -0.404. The van der Waals surface area contributed by atoms with E-state index in [1.165, 1.54) is 18.2 Å². The summed E-state index contributed by atoms with van der Waals surface area (Å²) in [7, 11) is 0. The van der Waals surface area contributed by atoms with Crippen LogP contribution in [-0.4, -0.2) is 11.1 Å². The zero-order chi connectivity index (χ0) is 16.2. The number of esters is 1. The Morgan fingerprint density at radius 2 is 1.96 bits per heavy atom. The average molecular weight is 376 g/mol. The number of carbonyl (C=O) groups excluding carboxylic acids is 1. The highest BCUT2D eigenvalue weighted by molar-refractivity contribution is 9.10. The van der Waals surface area contributed by atoms with Crippen molar-refractivity contribution in [3.8, 4) is 11.3 Å². The quantitative estimate of drug-likeness (QED) is 0.625. The van der Waals surface area contributed by atoms with Crippen LogP contribution in [0.1, 0.15) is 16.1 Å². The fraction of sp³-hybridized carbons (Fsp3) is 0.0588. The lowest BCUT2D eigenvalue weighted by Gasteiger charge is -2.04. The molecule has 1 aromatic heterocycles. The van der Waals surface area contributed by atoms with Gasteiger partial charge in [-0.2, -0.15) is 0 Å². The van der Waals surface area contributed by atoms with Gasteiger partial charge in [-0.1, -0.05) is 35.5 Å². The second-order valence-electron chi connectivity index (χ2n) is 4.75. The van der Waals surface area contributed by atoms with Gasteiger partial charge in [0.2, 0.25) is 0 Å². The van der Waals surface area contributed by atoms with Crippen LogP contribution in [0.4, 0.5) is 4.39 Å². The first kappa shape index (κ1) is 15.4. The molecular weight excluding hydrogens is 365 g/mol. The second-order valence-corrected chi connectivity index (χ2v) is 5.60. The Balaban J connectivity index is 1.67. The monoisotopic (exact) mass is 375 g/mol. The number of hydrogen-bond donors (Lipinski definition) is 0. The van der Waals surface area contributed by atoms with Crippen molar-refractivity contribution in [3.63, 3.8) is 0 Å². The van der Waals surface area contributed by atoms with Crippen molar-refractivity contribution >= 4 is 21.9 Å². The number of nitrogens with zero attached hydrogens (tertiary/aromatic N) is 1. The molecule has 0 radical (unpaired) electrons. The van der Waals surface area contributed by atoms with Crippen molar-refractivity contribution < 1.29 is 18.4 Å². The molecule has 0 saturated carbocycles. The van der Waals surface area contributed by atoms with Gasteiger partial charge in [0.15, 0.2) is 5.76 Å². The molecular formula is C17H11BrFNO3. The van der Waals surface area contributed by atoms with E-state index in [2.05, 4.69) is 21.1 Å². The minimum atomic E-state index is -0.568. The topological polar surface area (TPSA) is 52.3 Å². The maximum Gasteiger partial charge on any atom is 0.339 e. The predicted molar refractivity (Wildman–Crippen MR) is 85.2 cm³/mol. The third-order valence-corrected chi connectivity index (χ3v) is 3.78. The molecule has 3 rings (SSSR count). The van der Waals surface area contributed by atoms with Crippen LogP contribution in [0.15, 0.2) is 63.6 Å². The van der Waals surface area contributed by atoms with Gasteiger partial charge in [0.05, 0.1) is 5.56 Å². The summed E-state index contributed by atoms with van der Waals surface area (Å²) < 4.78 is 23.8. The molecule has 0 amide bonds. The fourth-order valence-corrected chi connectivity index (χ4v) is 2.50. The van der Waals surface area contributed by atoms with E-state index in [1.807, 2.05) is 30.3 Å². The number of rotatable bonds is 4. The van der Waals surface area contributed by atoms with Crippen LogP contribution < -0.4 is 0 Å². The standard InChI is InChI=1S/C17H11BrFNO3/c18-15-8-12(19)6-7-14(15)17(21)22-10-13-9-16(23-20-13)11-4-2-1-3-5-11/h1-9H,10H2. The maximum atomic E-state index is 13.0. The second kappa shape index (κ2) is 6.75. The summed E-state index contributed by atoms with van der Waals surface area (Å²) in [6.07, 6.45) is 0. The Hall–Kier alpha value is -2.47. The first-order chi connectivity index (χ1) is 11.1. The molecule has 0 aliphatic carbocycles. The van der Waals surface area contributed by atoms with Gasteiger partial charge in [0, 0.05) is 16.1 Å². The molecule has 0 spiro atoms. The molecule has 0 saturated heterocycles. The van der Waals surface area contributed by atoms with Gasteiger partial charge in [-0.3, -0.25) is 0 Å². The number of carbonyl (C=O) groups is 1. The van der Waals surface area contributed by atoms with Gasteiger partial charge in [-0.05, 0) is 34.1 Å². The third-order valence-electron chi connectivity index (χ3n) is 3.12. The zero-order valence-corrected chi connectivity index (χ0v) is 13.4. The number of hydrogen-bond acceptors (Lipinski definition) is 4. The minimum Gasteiger partial charge on any atom is -0.455 e. The van der Waals surface area contributed by atoms with Crippen molar-refractivity contribution in [2.45, 2.75) is 6.61 Å². The summed E-state index contributed by atoms with van der Waals surface area (Å²) in [6, 6.07) is 15.0. The normalized spacial score (nSPS) is 10.5. The van der Waals surface area contributed by atoms with E-state index >= 15 is 0 Å². The molecule has 0 atom stereocenters. The van der Waals surface area contributed by atoms with E-state index in [4.69, 9.17) is 9.26 Å². The Morgan fingerprint density at radius 3 is 2.70 bits per heavy atom. The highest BCUT2D eigenvalue weighted by Gasteiger charge is 2.14. The summed E-state index contributed by atoms with van der Waals surface area (Å²) in [5, 5.41) is 3.87. The van der Waals surface area contributed by atoms with E-state index in [-0.39, 0.29) is 12.2 Å². The van der Waals surface area contributed by atoms with Crippen LogP contribution in [-0.2, 0) is 11.3 Å². The SMILES string of the molecule is O=C(OCc1cc(-c2ccccc2)on1)c1ccc(F)cc1Br. The van der Waals surface area contributed by atoms with E-state index < -0.39 is 11.8 Å². The third kappa shape index (κ3) is 3.65. The molecule has 116 valence electrons. The molecule has 0 bridgehead atoms. The van der Waals surface area contributed by atoms with Gasteiger partial charge < -0.3 is 9.26 Å². The highest BCUT2D eigenvalue weighted by atomic mass is 79.9. The first-order valence-corrected chi connectivity index (χ1v) is 7.56. The molecule has 23 heavy (non-hydrogen) atoms. The van der Waals surface area contributed by atoms with Crippen molar-refractivity contribution in [2.24, 2.45) is 0 Å². The van der Waals surface area contributed by atoms with Crippen molar-refractivity contribution in [1.82, 2.24) is 5.16 Å². The van der Waals surface area contributed by atoms with Crippen LogP contribution >= 0.6 is 15.9 Å². The average Bonchev–Trinajstić information content (AvgIpc) is 3.02. The first-order valence-electron chi connectivity index (χ1n) is 6.76. The van der Waals surface area contributed by atoms with Crippen LogP contribution in [0.25, 0.3) is 11.3 Å². The molecule has 6 heteroatoms. The Morgan fingerprint density at radius 1 is 1.17 bits per heavy atom. The van der Waals surface area contributed by atoms with Gasteiger partial charge in [0.1, 0.15) is 18.1 Å². The molecule has 2 aromatic carbocycles. The summed E-state index contributed by atoms with van der Waals surface area (Å²) in [4.78, 5) is 12.0. The predicted octanol–water partition coefficient (Wildman–Crippen LogP) is 4.60. The maximum absolute atomic E-state index is 13.0. The molecule has 0 N–H and O–H groups in total. The lowest BCUT2D eigenvalue weighted by molar-refractivity contribution is 0.0463. The Labute approximate surface area is 140 Å². The molecule has 0 aliphatic rings. The van der Waals surface area contributed by atoms with Crippen molar-refractivity contribution in [1.29, 1.82) is 0 Å². The summed E-state index contributed by atoms with van der Waals surface area (Å²) >= 11 is 3.13. The minimum absolute atomic E-state index is 0.0288. The van der Waals surface area contributed by atoms with Gasteiger partial charge in [0.25, 0.3) is 0 Å². The largest absolute Gasteiger partial charge is 0.455 e. The van der Waals surface area contributed by atoms with E-state index in [0.29, 0.717) is 15.9 Å². The molecule has 3 aromatic rings. The van der Waals surface area contributed by atoms with E-state index in [9.17, 15) is 9.18 Å². The summed E-state index contributed by atoms with van der Waals surface area (Å²) in [6.45, 7) is -0.0288. The number of halogens is 2. The van der Waals surface area contributed by atoms with E-state index in [1.54, 1.807) is 6.07 Å². The van der Waals surface area contributed by atoms with Gasteiger partial charge >= 0.3 is 5.97 Å². The van der Waals surface area contributed by atoms with Crippen molar-refractivity contribution in [2.75, 3.05) is 0 Å². The number of aromatic nitrogens is 1. The number of benzene rings is 2. The molecule has 0 aliphatic heterocycles. The molecule has 0 fully saturated rings. The molecule has 0 unspecified atom stereocenters. The van der Waals surface area contributed by atoms with Crippen LogP contribution in [0, 0.1) is 5.82 Å². The highest BCUT2D eigenvalue weighted by Crippen LogP contribution is 2.22. The van der Waals surface area contributed by atoms with E-state index in [0.717, 1.165) is 5.56 Å². The summed E-state index contributed by atoms with van der Waals surface area (Å²) in [5.41, 5.74) is 1.63. The van der Waals surface area contributed by atoms with Crippen molar-refractivity contribution in [3.05, 3.63) is 76.1 Å². The van der Waals surface area contributed by atoms with Crippen LogP contribution in [0.2, 0.25) is 0 Å². The molecule has 4 nitrogen and oxygen atoms in total. The fourth-order valence-electron chi connectivity index (χ4n) is 1.99. The lowest BCUT2D eigenvalue weighted by Crippen LogP contribution is -2.06. The lowest BCUT2D eigenvalue weighted by atomic mass is 10.2. The number of ether oxygens (including phenoxy) is 1. The molecule has 1 heterocycles. The Kier molecular flexibility index (Phi) is 4.52. The van der Waals surface area contributed by atoms with Crippen LogP contribution in [0.5, 0.6) is 0 Å². The van der Waals surface area contributed by atoms with Crippen LogP contribution in [0.3, 0.4) is 0 Å². The van der Waals surface area contributed by atoms with Gasteiger partial charge in [-0.15, -0.1) is 0 Å². The Bertz CT molecular complexity index is 833. The van der Waals surface area contributed by atoms with Gasteiger partial charge in [-0.25, -0.2) is 9.18 Å². The smallest absolute Gasteiger partial charge is 0.339 e. The zero-order valence-electron chi connectivity index (χ0n) is 11.8.